The van der Waals surface area contributed by atoms with E-state index in [1.54, 1.807) is 17.5 Å². The van der Waals surface area contributed by atoms with Gasteiger partial charge in [-0.05, 0) is 60.8 Å². The Labute approximate surface area is 171 Å². The summed E-state index contributed by atoms with van der Waals surface area (Å²) in [6, 6.07) is 7.30. The molecule has 1 atom stereocenters. The quantitative estimate of drug-likeness (QED) is 0.620. The van der Waals surface area contributed by atoms with Crippen molar-refractivity contribution in [3.63, 3.8) is 0 Å². The zero-order valence-electron chi connectivity index (χ0n) is 15.5. The first kappa shape index (κ1) is 17.9. The topological polar surface area (TPSA) is 100 Å². The maximum Gasteiger partial charge on any atom is 0.252 e. The molecule has 0 bridgehead atoms. The third-order valence-corrected chi connectivity index (χ3v) is 5.88. The highest BCUT2D eigenvalue weighted by atomic mass is 32.2. The molecule has 0 saturated heterocycles. The van der Waals surface area contributed by atoms with E-state index in [1.165, 1.54) is 23.7 Å². The largest absolute Gasteiger partial charge is 0.467 e. The Morgan fingerprint density at radius 2 is 2.17 bits per heavy atom. The van der Waals surface area contributed by atoms with Crippen molar-refractivity contribution in [3.8, 4) is 0 Å². The fourth-order valence-corrected chi connectivity index (χ4v) is 4.43. The zero-order valence-corrected chi connectivity index (χ0v) is 16.3. The summed E-state index contributed by atoms with van der Waals surface area (Å²) in [6.45, 7) is 0. The number of furan rings is 2. The van der Waals surface area contributed by atoms with Crippen molar-refractivity contribution in [2.75, 3.05) is 5.75 Å². The second kappa shape index (κ2) is 7.67. The van der Waals surface area contributed by atoms with E-state index in [4.69, 9.17) is 8.83 Å². The summed E-state index contributed by atoms with van der Waals surface area (Å²) in [5, 5.41) is 8.88. The number of hydrogen-bond donors (Lipinski definition) is 2. The number of H-pyrrole nitrogens is 1. The Kier molecular flexibility index (Phi) is 4.73. The number of amides is 1. The third kappa shape index (κ3) is 3.49. The number of carbonyl (C=O) groups excluding carboxylic acids is 1. The van der Waals surface area contributed by atoms with Crippen LogP contribution in [0.15, 0.2) is 74.0 Å². The van der Waals surface area contributed by atoms with Crippen LogP contribution in [0.2, 0.25) is 0 Å². The first-order chi connectivity index (χ1) is 14.3. The van der Waals surface area contributed by atoms with Crippen LogP contribution in [-0.4, -0.2) is 31.9 Å². The van der Waals surface area contributed by atoms with Crippen molar-refractivity contribution in [1.29, 1.82) is 0 Å². The molecule has 9 heteroatoms. The number of nitrogens with zero attached hydrogens (tertiary/aromatic N) is 3. The molecule has 1 aliphatic carbocycles. The number of carbonyl (C=O) groups is 1. The lowest BCUT2D eigenvalue weighted by Gasteiger charge is -2.24. The van der Waals surface area contributed by atoms with Gasteiger partial charge in [0.05, 0.1) is 24.0 Å². The molecular weight excluding hydrogens is 390 g/mol. The molecule has 0 radical (unpaired) electrons. The van der Waals surface area contributed by atoms with Gasteiger partial charge in [-0.3, -0.25) is 15.3 Å². The average molecular weight is 409 g/mol. The average Bonchev–Trinajstić information content (AvgIpc) is 3.53. The number of nitrogens with one attached hydrogen (secondary N) is 2. The van der Waals surface area contributed by atoms with E-state index in [1.807, 2.05) is 30.3 Å². The molecular formula is C20H19N5O3S. The lowest BCUT2D eigenvalue weighted by Crippen LogP contribution is -2.41. The van der Waals surface area contributed by atoms with Gasteiger partial charge in [0.1, 0.15) is 23.9 Å². The molecule has 0 saturated carbocycles. The van der Waals surface area contributed by atoms with Gasteiger partial charge in [0.15, 0.2) is 5.16 Å². The molecule has 2 aliphatic rings. The van der Waals surface area contributed by atoms with Crippen molar-refractivity contribution in [2.24, 2.45) is 0 Å². The van der Waals surface area contributed by atoms with Crippen molar-refractivity contribution < 1.29 is 13.6 Å². The minimum Gasteiger partial charge on any atom is -0.467 e. The smallest absolute Gasteiger partial charge is 0.252 e. The number of aromatic nitrogens is 3. The Balaban J connectivity index is 1.45. The van der Waals surface area contributed by atoms with Crippen molar-refractivity contribution >= 4 is 23.7 Å². The Morgan fingerprint density at radius 3 is 2.93 bits per heavy atom. The van der Waals surface area contributed by atoms with Crippen LogP contribution in [0.4, 0.5) is 0 Å². The molecule has 1 amide bonds. The van der Waals surface area contributed by atoms with Crippen LogP contribution < -0.4 is 5.43 Å². The van der Waals surface area contributed by atoms with Crippen molar-refractivity contribution in [3.05, 3.63) is 71.5 Å². The minimum absolute atomic E-state index is 0.0560. The highest BCUT2D eigenvalue weighted by Crippen LogP contribution is 2.44. The number of rotatable bonds is 5. The van der Waals surface area contributed by atoms with E-state index in [0.29, 0.717) is 5.16 Å². The van der Waals surface area contributed by atoms with Gasteiger partial charge in [-0.2, -0.15) is 5.10 Å². The summed E-state index contributed by atoms with van der Waals surface area (Å²) in [6.07, 6.45) is 9.61. The molecule has 1 aliphatic heterocycles. The normalized spacial score (nSPS) is 20.2. The van der Waals surface area contributed by atoms with Crippen molar-refractivity contribution in [2.45, 2.75) is 30.5 Å². The summed E-state index contributed by atoms with van der Waals surface area (Å²) in [5.74, 6) is 1.73. The summed E-state index contributed by atoms with van der Waals surface area (Å²) in [4.78, 5) is 17.2. The minimum atomic E-state index is -0.261. The van der Waals surface area contributed by atoms with Gasteiger partial charge in [-0.25, -0.2) is 9.99 Å². The first-order valence-electron chi connectivity index (χ1n) is 9.37. The molecule has 8 nitrogen and oxygen atoms in total. The summed E-state index contributed by atoms with van der Waals surface area (Å²) >= 11 is 1.32. The van der Waals surface area contributed by atoms with E-state index >= 15 is 0 Å². The molecule has 0 spiro atoms. The first-order valence-corrected chi connectivity index (χ1v) is 10.4. The molecule has 4 heterocycles. The third-order valence-electron chi connectivity index (χ3n) is 5.02. The number of hydrogen-bond acceptors (Lipinski definition) is 7. The Hall–Kier alpha value is -3.20. The van der Waals surface area contributed by atoms with Gasteiger partial charge in [0, 0.05) is 0 Å². The SMILES string of the molecule is O=C(CSc1ncn[nH]1)N1NC2=C(CCC/C2=C\c2ccco2)[C@@H]1c1ccco1. The molecule has 0 unspecified atom stereocenters. The monoisotopic (exact) mass is 409 g/mol. The Morgan fingerprint density at radius 1 is 1.28 bits per heavy atom. The number of hydrazine groups is 1. The van der Waals surface area contributed by atoms with E-state index in [9.17, 15) is 4.79 Å². The summed E-state index contributed by atoms with van der Waals surface area (Å²) in [5.41, 5.74) is 6.65. The van der Waals surface area contributed by atoms with Crippen LogP contribution in [0.5, 0.6) is 0 Å². The van der Waals surface area contributed by atoms with Crippen LogP contribution in [-0.2, 0) is 4.79 Å². The number of allylic oxidation sites excluding steroid dienone is 1. The van der Waals surface area contributed by atoms with Crippen LogP contribution in [0.1, 0.15) is 36.8 Å². The highest BCUT2D eigenvalue weighted by Gasteiger charge is 2.40. The van der Waals surface area contributed by atoms with Gasteiger partial charge < -0.3 is 8.83 Å². The van der Waals surface area contributed by atoms with Crippen LogP contribution in [0.3, 0.4) is 0 Å². The molecule has 2 N–H and O–H groups in total. The molecule has 5 rings (SSSR count). The van der Waals surface area contributed by atoms with E-state index in [2.05, 4.69) is 20.6 Å². The summed E-state index contributed by atoms with van der Waals surface area (Å²) < 4.78 is 11.2. The second-order valence-electron chi connectivity index (χ2n) is 6.81. The van der Waals surface area contributed by atoms with Gasteiger partial charge in [-0.1, -0.05) is 11.8 Å². The molecule has 0 aromatic carbocycles. The van der Waals surface area contributed by atoms with Gasteiger partial charge in [0.25, 0.3) is 5.91 Å². The predicted molar refractivity (Wildman–Crippen MR) is 106 cm³/mol. The number of thioether (sulfide) groups is 1. The molecule has 29 heavy (non-hydrogen) atoms. The van der Waals surface area contributed by atoms with Gasteiger partial charge >= 0.3 is 0 Å². The summed E-state index contributed by atoms with van der Waals surface area (Å²) in [7, 11) is 0. The molecule has 3 aromatic rings. The molecule has 148 valence electrons. The fourth-order valence-electron chi connectivity index (χ4n) is 3.79. The number of aromatic amines is 1. The lowest BCUT2D eigenvalue weighted by molar-refractivity contribution is -0.132. The Bertz CT molecular complexity index is 1040. The standard InChI is InChI=1S/C20H19N5O3S/c26-17(11-29-20-21-12-22-23-20)25-19(16-7-3-9-28-16)15-6-1-4-13(18(15)24-25)10-14-5-2-8-27-14/h2-3,5,7-10,12,19,24H,1,4,6,11H2,(H,21,22,23)/b13-10+/t19-/m1/s1. The zero-order chi connectivity index (χ0) is 19.6. The van der Waals surface area contributed by atoms with Gasteiger partial charge in [-0.15, -0.1) is 0 Å². The van der Waals surface area contributed by atoms with E-state index in [-0.39, 0.29) is 17.7 Å². The molecule has 0 fully saturated rings. The molecule has 3 aromatic heterocycles. The van der Waals surface area contributed by atoms with Crippen LogP contribution in [0, 0.1) is 0 Å². The van der Waals surface area contributed by atoms with Crippen molar-refractivity contribution in [1.82, 2.24) is 25.6 Å². The maximum absolute atomic E-state index is 13.1. The highest BCUT2D eigenvalue weighted by molar-refractivity contribution is 7.99. The fraction of sp³-hybridized carbons (Fsp3) is 0.250. The van der Waals surface area contributed by atoms with Crippen LogP contribution >= 0.6 is 11.8 Å². The van der Waals surface area contributed by atoms with Crippen LogP contribution in [0.25, 0.3) is 6.08 Å². The van der Waals surface area contributed by atoms with Gasteiger partial charge in [0.2, 0.25) is 0 Å². The lowest BCUT2D eigenvalue weighted by atomic mass is 9.88. The van der Waals surface area contributed by atoms with E-state index in [0.717, 1.165) is 42.1 Å². The second-order valence-corrected chi connectivity index (χ2v) is 7.78. The predicted octanol–water partition coefficient (Wildman–Crippen LogP) is 3.69. The van der Waals surface area contributed by atoms with E-state index < -0.39 is 0 Å². The maximum atomic E-state index is 13.1.